The molecule has 0 aliphatic carbocycles. The van der Waals surface area contributed by atoms with Gasteiger partial charge in [-0.2, -0.15) is 0 Å². The molecular formula is C40H38NO6P. The first-order valence-electron chi connectivity index (χ1n) is 16.1. The maximum atomic E-state index is 7.33. The summed E-state index contributed by atoms with van der Waals surface area (Å²) in [5, 5.41) is 2.18. The molecule has 0 spiro atoms. The van der Waals surface area contributed by atoms with Crippen LogP contribution in [0, 0.1) is 0 Å². The van der Waals surface area contributed by atoms with Crippen LogP contribution < -0.4 is 15.3 Å². The van der Waals surface area contributed by atoms with Crippen molar-refractivity contribution in [3.63, 3.8) is 0 Å². The SMILES string of the molecule is COc1ccc(C=N[C@H]2[C@@H](OCc3ccccc3)O[C@@H]3COC(c4ccccc4)O[C@H]3[C@@H]2OP(c2ccccc2)c2ccccc2)cc1. The van der Waals surface area contributed by atoms with Crippen molar-refractivity contribution >= 4 is 25.0 Å². The minimum Gasteiger partial charge on any atom is -0.497 e. The number of hydrogen-bond donors (Lipinski definition) is 0. The first kappa shape index (κ1) is 32.4. The predicted molar refractivity (Wildman–Crippen MR) is 188 cm³/mol. The van der Waals surface area contributed by atoms with E-state index in [9.17, 15) is 0 Å². The number of benzene rings is 5. The predicted octanol–water partition coefficient (Wildman–Crippen LogP) is 6.97. The molecule has 48 heavy (non-hydrogen) atoms. The van der Waals surface area contributed by atoms with Crippen LogP contribution in [0.5, 0.6) is 5.75 Å². The molecule has 1 unspecified atom stereocenters. The van der Waals surface area contributed by atoms with Gasteiger partial charge in [0.1, 0.15) is 30.1 Å². The zero-order valence-electron chi connectivity index (χ0n) is 26.7. The molecule has 244 valence electrons. The summed E-state index contributed by atoms with van der Waals surface area (Å²) in [6.07, 6.45) is -0.919. The highest BCUT2D eigenvalue weighted by atomic mass is 31.1. The number of ether oxygens (including phenoxy) is 5. The molecule has 0 saturated carbocycles. The third-order valence-electron chi connectivity index (χ3n) is 8.36. The van der Waals surface area contributed by atoms with Crippen molar-refractivity contribution in [2.45, 2.75) is 43.5 Å². The van der Waals surface area contributed by atoms with Crippen molar-refractivity contribution in [2.24, 2.45) is 4.99 Å². The van der Waals surface area contributed by atoms with E-state index in [1.807, 2.05) is 128 Å². The van der Waals surface area contributed by atoms with E-state index in [2.05, 4.69) is 24.3 Å². The highest BCUT2D eigenvalue weighted by Crippen LogP contribution is 2.44. The second-order valence-corrected chi connectivity index (χ2v) is 13.4. The van der Waals surface area contributed by atoms with Crippen molar-refractivity contribution in [1.82, 2.24) is 0 Å². The first-order valence-corrected chi connectivity index (χ1v) is 17.4. The molecule has 2 aliphatic heterocycles. The quantitative estimate of drug-likeness (QED) is 0.113. The molecule has 5 aromatic rings. The molecule has 2 saturated heterocycles. The second-order valence-electron chi connectivity index (χ2n) is 11.6. The monoisotopic (exact) mass is 659 g/mol. The van der Waals surface area contributed by atoms with Crippen LogP contribution in [-0.4, -0.2) is 50.6 Å². The molecule has 6 atom stereocenters. The Hall–Kier alpha value is -4.20. The molecule has 0 amide bonds. The number of rotatable bonds is 11. The average Bonchev–Trinajstić information content (AvgIpc) is 3.17. The Bertz CT molecular complexity index is 1690. The Morgan fingerprint density at radius 2 is 1.33 bits per heavy atom. The smallest absolute Gasteiger partial charge is 0.184 e. The largest absolute Gasteiger partial charge is 0.497 e. The molecule has 7 nitrogen and oxygen atoms in total. The minimum atomic E-state index is -1.27. The Morgan fingerprint density at radius 3 is 1.96 bits per heavy atom. The van der Waals surface area contributed by atoms with Crippen LogP contribution in [0.2, 0.25) is 0 Å². The van der Waals surface area contributed by atoms with Gasteiger partial charge >= 0.3 is 0 Å². The van der Waals surface area contributed by atoms with Gasteiger partial charge in [-0.3, -0.25) is 4.99 Å². The van der Waals surface area contributed by atoms with E-state index < -0.39 is 45.1 Å². The Balaban J connectivity index is 1.28. The van der Waals surface area contributed by atoms with Crippen LogP contribution in [-0.2, 0) is 30.1 Å². The first-order chi connectivity index (χ1) is 23.7. The summed E-state index contributed by atoms with van der Waals surface area (Å²) in [5.41, 5.74) is 2.89. The molecule has 2 fully saturated rings. The average molecular weight is 660 g/mol. The fourth-order valence-electron chi connectivity index (χ4n) is 5.89. The standard InChI is InChI=1S/C40H38NO6P/c1-42-32-24-22-29(23-25-32)26-41-36-38(47-48(33-18-10-4-11-19-33)34-20-12-5-13-21-34)37-35(28-44-39(46-37)31-16-8-3-9-17-31)45-40(36)43-27-30-14-6-2-7-15-30/h2-26,35-40H,27-28H2,1H3/t35-,36-,37-,38-,39?,40+/m1/s1. The summed E-state index contributed by atoms with van der Waals surface area (Å²) in [6, 6.07) is 48.0. The van der Waals surface area contributed by atoms with Gasteiger partial charge in [-0.05, 0) is 35.4 Å². The van der Waals surface area contributed by atoms with Gasteiger partial charge in [-0.1, -0.05) is 121 Å². The third kappa shape index (κ3) is 7.74. The summed E-state index contributed by atoms with van der Waals surface area (Å²) in [6.45, 7) is 0.670. The lowest BCUT2D eigenvalue weighted by Gasteiger charge is -2.48. The van der Waals surface area contributed by atoms with Crippen LogP contribution >= 0.6 is 8.15 Å². The summed E-state index contributed by atoms with van der Waals surface area (Å²) in [7, 11) is 0.389. The Kier molecular flexibility index (Phi) is 10.6. The number of hydrogen-bond acceptors (Lipinski definition) is 7. The molecule has 0 aromatic heterocycles. The van der Waals surface area contributed by atoms with E-state index in [1.54, 1.807) is 7.11 Å². The summed E-state index contributed by atoms with van der Waals surface area (Å²) in [4.78, 5) is 5.16. The lowest BCUT2D eigenvalue weighted by Crippen LogP contribution is -2.62. The van der Waals surface area contributed by atoms with Gasteiger partial charge in [0.25, 0.3) is 0 Å². The maximum Gasteiger partial charge on any atom is 0.184 e. The Morgan fingerprint density at radius 1 is 0.729 bits per heavy atom. The molecule has 0 N–H and O–H groups in total. The van der Waals surface area contributed by atoms with E-state index >= 15 is 0 Å². The van der Waals surface area contributed by atoms with Gasteiger partial charge in [-0.15, -0.1) is 0 Å². The zero-order chi connectivity index (χ0) is 32.5. The van der Waals surface area contributed by atoms with Gasteiger partial charge in [0.15, 0.2) is 12.6 Å². The highest BCUT2D eigenvalue weighted by molar-refractivity contribution is 7.68. The van der Waals surface area contributed by atoms with Crippen LogP contribution in [0.15, 0.2) is 151 Å². The van der Waals surface area contributed by atoms with Gasteiger partial charge in [0.05, 0.1) is 28.5 Å². The molecular weight excluding hydrogens is 621 g/mol. The fraction of sp³-hybridized carbons (Fsp3) is 0.225. The molecule has 8 heteroatoms. The Labute approximate surface area is 282 Å². The summed E-state index contributed by atoms with van der Waals surface area (Å²) >= 11 is 0. The van der Waals surface area contributed by atoms with Crippen LogP contribution in [0.4, 0.5) is 0 Å². The molecule has 5 aromatic carbocycles. The molecule has 2 aliphatic rings. The van der Waals surface area contributed by atoms with Gasteiger partial charge in [0, 0.05) is 22.4 Å². The number of fused-ring (bicyclic) bond motifs is 1. The molecule has 7 rings (SSSR count). The van der Waals surface area contributed by atoms with Crippen LogP contribution in [0.1, 0.15) is 23.0 Å². The van der Waals surface area contributed by atoms with E-state index in [0.717, 1.165) is 33.0 Å². The van der Waals surface area contributed by atoms with Gasteiger partial charge in [-0.25, -0.2) is 0 Å². The number of nitrogens with zero attached hydrogens (tertiary/aromatic N) is 1. The van der Waals surface area contributed by atoms with E-state index in [4.69, 9.17) is 33.2 Å². The topological polar surface area (TPSA) is 67.7 Å². The van der Waals surface area contributed by atoms with Crippen molar-refractivity contribution in [2.75, 3.05) is 13.7 Å². The third-order valence-corrected chi connectivity index (χ3v) is 10.3. The molecule has 0 radical (unpaired) electrons. The van der Waals surface area contributed by atoms with Crippen molar-refractivity contribution in [3.8, 4) is 5.75 Å². The van der Waals surface area contributed by atoms with Crippen molar-refractivity contribution in [1.29, 1.82) is 0 Å². The summed E-state index contributed by atoms with van der Waals surface area (Å²) < 4.78 is 39.0. The highest BCUT2D eigenvalue weighted by Gasteiger charge is 2.52. The normalized spacial score (nSPS) is 24.0. The van der Waals surface area contributed by atoms with Crippen LogP contribution in [0.25, 0.3) is 0 Å². The molecule has 2 heterocycles. The second kappa shape index (κ2) is 15.8. The zero-order valence-corrected chi connectivity index (χ0v) is 27.6. The summed E-state index contributed by atoms with van der Waals surface area (Å²) in [5.74, 6) is 0.778. The van der Waals surface area contributed by atoms with Gasteiger partial charge in [0.2, 0.25) is 0 Å². The maximum absolute atomic E-state index is 7.33. The van der Waals surface area contributed by atoms with Gasteiger partial charge < -0.3 is 28.2 Å². The lowest BCUT2D eigenvalue weighted by molar-refractivity contribution is -0.339. The van der Waals surface area contributed by atoms with E-state index in [1.165, 1.54) is 0 Å². The van der Waals surface area contributed by atoms with E-state index in [-0.39, 0.29) is 0 Å². The minimum absolute atomic E-state index is 0.318. The van der Waals surface area contributed by atoms with Crippen molar-refractivity contribution < 1.29 is 28.2 Å². The number of methoxy groups -OCH3 is 1. The lowest BCUT2D eigenvalue weighted by atomic mass is 9.96. The van der Waals surface area contributed by atoms with E-state index in [0.29, 0.717) is 13.2 Å². The molecule has 0 bridgehead atoms. The fourth-order valence-corrected chi connectivity index (χ4v) is 7.80. The van der Waals surface area contributed by atoms with Crippen molar-refractivity contribution in [3.05, 3.63) is 162 Å². The number of aliphatic imine (C=N–C) groups is 1. The van der Waals surface area contributed by atoms with Crippen LogP contribution in [0.3, 0.4) is 0 Å².